The van der Waals surface area contributed by atoms with E-state index in [0.717, 1.165) is 12.2 Å². The average Bonchev–Trinajstić information content (AvgIpc) is 1.90. The van der Waals surface area contributed by atoms with Crippen LogP contribution in [0, 0.1) is 0 Å². The van der Waals surface area contributed by atoms with E-state index in [-0.39, 0.29) is 0 Å². The van der Waals surface area contributed by atoms with Crippen molar-refractivity contribution in [3.8, 4) is 0 Å². The number of rotatable bonds is 0. The van der Waals surface area contributed by atoms with Crippen LogP contribution in [0.2, 0.25) is 0 Å². The monoisotopic (exact) mass is 133 g/mol. The average molecular weight is 133 g/mol. The molecule has 1 N–H and O–H groups in total. The van der Waals surface area contributed by atoms with E-state index in [1.54, 1.807) is 0 Å². The van der Waals surface area contributed by atoms with Crippen molar-refractivity contribution in [2.75, 3.05) is 12.4 Å². The predicted octanol–water partition coefficient (Wildman–Crippen LogP) is 0.885. The molecule has 0 atom stereocenters. The Hall–Kier alpha value is -0.380. The first-order chi connectivity index (χ1) is 3.93. The predicted molar refractivity (Wildman–Crippen MR) is 32.2 cm³/mol. The number of oxime groups is 1. The van der Waals surface area contributed by atoms with E-state index in [9.17, 15) is 0 Å². The highest BCUT2D eigenvalue weighted by atomic mass is 32.2. The van der Waals surface area contributed by atoms with Crippen molar-refractivity contribution in [3.05, 3.63) is 0 Å². The van der Waals surface area contributed by atoms with Gasteiger partial charge in [-0.2, -0.15) is 0 Å². The quantitative estimate of drug-likeness (QED) is 0.394. The van der Waals surface area contributed by atoms with Gasteiger partial charge >= 0.3 is 0 Å². The van der Waals surface area contributed by atoms with E-state index in [4.69, 9.17) is 9.94 Å². The third-order valence-corrected chi connectivity index (χ3v) is 1.76. The fourth-order valence-electron chi connectivity index (χ4n) is 0.477. The molecule has 0 spiro atoms. The van der Waals surface area contributed by atoms with Gasteiger partial charge in [-0.1, -0.05) is 11.8 Å². The summed E-state index contributed by atoms with van der Waals surface area (Å²) >= 11 is 1.44. The van der Waals surface area contributed by atoms with Crippen molar-refractivity contribution in [3.63, 3.8) is 0 Å². The summed E-state index contributed by atoms with van der Waals surface area (Å²) in [5.41, 5.74) is 0. The number of hydrogen-bond donors (Lipinski definition) is 1. The van der Waals surface area contributed by atoms with Crippen LogP contribution in [-0.2, 0) is 4.74 Å². The molecule has 0 aliphatic carbocycles. The zero-order chi connectivity index (χ0) is 5.82. The molecule has 0 unspecified atom stereocenters. The van der Waals surface area contributed by atoms with Gasteiger partial charge in [0.15, 0.2) is 0 Å². The van der Waals surface area contributed by atoms with E-state index < -0.39 is 0 Å². The lowest BCUT2D eigenvalue weighted by atomic mass is 10.5. The third kappa shape index (κ3) is 1.30. The molecule has 1 fully saturated rings. The Morgan fingerprint density at radius 3 is 3.00 bits per heavy atom. The minimum Gasteiger partial charge on any atom is -0.471 e. The molecule has 0 aromatic carbocycles. The van der Waals surface area contributed by atoms with Gasteiger partial charge in [0.05, 0.1) is 6.61 Å². The second-order valence-corrected chi connectivity index (χ2v) is 2.46. The molecule has 4 heteroatoms. The normalized spacial score (nSPS) is 25.2. The number of hydrogen-bond acceptors (Lipinski definition) is 4. The molecule has 1 aliphatic heterocycles. The van der Waals surface area contributed by atoms with Crippen LogP contribution in [0.1, 0.15) is 6.42 Å². The zero-order valence-corrected chi connectivity index (χ0v) is 5.15. The Bertz CT molecular complexity index is 96.2. The second-order valence-electron chi connectivity index (χ2n) is 1.42. The fraction of sp³-hybridized carbons (Fsp3) is 0.750. The molecule has 8 heavy (non-hydrogen) atoms. The molecule has 0 aromatic rings. The van der Waals surface area contributed by atoms with Crippen LogP contribution < -0.4 is 0 Å². The van der Waals surface area contributed by atoms with Crippen LogP contribution in [0.3, 0.4) is 0 Å². The smallest absolute Gasteiger partial charge is 0.286 e. The molecule has 46 valence electrons. The molecule has 0 bridgehead atoms. The van der Waals surface area contributed by atoms with Crippen molar-refractivity contribution in [2.24, 2.45) is 5.16 Å². The highest BCUT2D eigenvalue weighted by Crippen LogP contribution is 2.12. The zero-order valence-electron chi connectivity index (χ0n) is 4.33. The third-order valence-electron chi connectivity index (χ3n) is 0.821. The van der Waals surface area contributed by atoms with E-state index in [2.05, 4.69) is 5.16 Å². The Labute approximate surface area is 51.7 Å². The lowest BCUT2D eigenvalue weighted by molar-refractivity contribution is 0.260. The van der Waals surface area contributed by atoms with E-state index >= 15 is 0 Å². The van der Waals surface area contributed by atoms with E-state index in [1.165, 1.54) is 11.8 Å². The van der Waals surface area contributed by atoms with Crippen molar-refractivity contribution in [1.82, 2.24) is 0 Å². The van der Waals surface area contributed by atoms with Crippen LogP contribution >= 0.6 is 11.8 Å². The molecule has 0 amide bonds. The van der Waals surface area contributed by atoms with Gasteiger partial charge in [-0.25, -0.2) is 0 Å². The summed E-state index contributed by atoms with van der Waals surface area (Å²) in [6, 6.07) is 0. The summed E-state index contributed by atoms with van der Waals surface area (Å²) in [5.74, 6) is 0.999. The van der Waals surface area contributed by atoms with Crippen LogP contribution in [0.15, 0.2) is 5.16 Å². The summed E-state index contributed by atoms with van der Waals surface area (Å²) in [6.45, 7) is 0.687. The maximum Gasteiger partial charge on any atom is 0.286 e. The van der Waals surface area contributed by atoms with Crippen molar-refractivity contribution < 1.29 is 9.94 Å². The summed E-state index contributed by atoms with van der Waals surface area (Å²) in [4.78, 5) is 0. The fourth-order valence-corrected chi connectivity index (χ4v) is 1.14. The Kier molecular flexibility index (Phi) is 2.02. The second kappa shape index (κ2) is 2.81. The van der Waals surface area contributed by atoms with Crippen molar-refractivity contribution >= 4 is 17.0 Å². The van der Waals surface area contributed by atoms with Crippen LogP contribution in [0.4, 0.5) is 0 Å². The highest BCUT2D eigenvalue weighted by Gasteiger charge is 2.06. The van der Waals surface area contributed by atoms with Gasteiger partial charge in [-0.15, -0.1) is 0 Å². The van der Waals surface area contributed by atoms with Crippen LogP contribution in [0.5, 0.6) is 0 Å². The standard InChI is InChI=1S/C4H7NO2S/c6-5-4-7-2-1-3-8-4/h6H,1-3H2/b5-4+. The number of ether oxygens (including phenoxy) is 1. The maximum absolute atomic E-state index is 8.13. The summed E-state index contributed by atoms with van der Waals surface area (Å²) < 4.78 is 4.89. The minimum atomic E-state index is 0.399. The minimum absolute atomic E-state index is 0.399. The van der Waals surface area contributed by atoms with Crippen LogP contribution in [0.25, 0.3) is 0 Å². The summed E-state index contributed by atoms with van der Waals surface area (Å²) in [5, 5.41) is 11.4. The topological polar surface area (TPSA) is 41.8 Å². The van der Waals surface area contributed by atoms with Gasteiger partial charge in [0.2, 0.25) is 0 Å². The lowest BCUT2D eigenvalue weighted by Gasteiger charge is -2.10. The van der Waals surface area contributed by atoms with Gasteiger partial charge < -0.3 is 9.94 Å². The molecule has 0 radical (unpaired) electrons. The Morgan fingerprint density at radius 2 is 2.62 bits per heavy atom. The van der Waals surface area contributed by atoms with Gasteiger partial charge in [-0.05, 0) is 11.6 Å². The lowest BCUT2D eigenvalue weighted by Crippen LogP contribution is -2.09. The first-order valence-corrected chi connectivity index (χ1v) is 3.39. The largest absolute Gasteiger partial charge is 0.471 e. The van der Waals surface area contributed by atoms with Gasteiger partial charge in [0, 0.05) is 5.75 Å². The number of nitrogens with zero attached hydrogens (tertiary/aromatic N) is 1. The summed E-state index contributed by atoms with van der Waals surface area (Å²) in [7, 11) is 0. The highest BCUT2D eigenvalue weighted by molar-refractivity contribution is 8.13. The van der Waals surface area contributed by atoms with Crippen molar-refractivity contribution in [2.45, 2.75) is 6.42 Å². The molecule has 3 nitrogen and oxygen atoms in total. The van der Waals surface area contributed by atoms with Gasteiger partial charge in [0.25, 0.3) is 5.23 Å². The molecule has 1 rings (SSSR count). The number of thioether (sulfide) groups is 1. The Balaban J connectivity index is 2.33. The van der Waals surface area contributed by atoms with Crippen molar-refractivity contribution in [1.29, 1.82) is 0 Å². The first kappa shape index (κ1) is 5.75. The molecule has 1 heterocycles. The molecule has 0 aromatic heterocycles. The SMILES string of the molecule is O/N=C1\OCCCS1. The molecule has 1 aliphatic rings. The van der Waals surface area contributed by atoms with Crippen LogP contribution in [-0.4, -0.2) is 22.8 Å². The van der Waals surface area contributed by atoms with E-state index in [1.807, 2.05) is 0 Å². The molecule has 1 saturated heterocycles. The Morgan fingerprint density at radius 1 is 1.75 bits per heavy atom. The van der Waals surface area contributed by atoms with Gasteiger partial charge in [-0.3, -0.25) is 0 Å². The van der Waals surface area contributed by atoms with E-state index in [0.29, 0.717) is 11.8 Å². The molecular formula is C4H7NO2S. The first-order valence-electron chi connectivity index (χ1n) is 2.41. The van der Waals surface area contributed by atoms with Gasteiger partial charge in [0.1, 0.15) is 0 Å². The molecule has 0 saturated carbocycles. The summed E-state index contributed by atoms with van der Waals surface area (Å²) in [6.07, 6.45) is 1.05. The molecular weight excluding hydrogens is 126 g/mol. The maximum atomic E-state index is 8.13.